The SMILES string of the molecule is Cc1nc(N)nc(NC(C)c2cccc(Cl)c2)c1[N+](=O)[O-]. The molecule has 7 nitrogen and oxygen atoms in total. The normalized spacial score (nSPS) is 12.0. The maximum absolute atomic E-state index is 11.1. The highest BCUT2D eigenvalue weighted by molar-refractivity contribution is 6.30. The fourth-order valence-electron chi connectivity index (χ4n) is 1.97. The molecule has 0 saturated heterocycles. The summed E-state index contributed by atoms with van der Waals surface area (Å²) in [7, 11) is 0. The zero-order chi connectivity index (χ0) is 15.6. The van der Waals surface area contributed by atoms with E-state index in [1.807, 2.05) is 19.1 Å². The molecule has 0 radical (unpaired) electrons. The molecule has 0 saturated carbocycles. The molecular formula is C13H14ClN5O2. The molecule has 0 aliphatic rings. The van der Waals surface area contributed by atoms with Crippen molar-refractivity contribution in [3.63, 3.8) is 0 Å². The first-order chi connectivity index (χ1) is 9.88. The van der Waals surface area contributed by atoms with Crippen LogP contribution >= 0.6 is 11.6 Å². The minimum Gasteiger partial charge on any atom is -0.368 e. The number of hydrogen-bond acceptors (Lipinski definition) is 6. The second-order valence-corrected chi connectivity index (χ2v) is 4.98. The van der Waals surface area contributed by atoms with E-state index < -0.39 is 4.92 Å². The molecule has 1 unspecified atom stereocenters. The lowest BCUT2D eigenvalue weighted by Crippen LogP contribution is -2.12. The van der Waals surface area contributed by atoms with Crippen molar-refractivity contribution in [2.75, 3.05) is 11.1 Å². The summed E-state index contributed by atoms with van der Waals surface area (Å²) in [6.45, 7) is 3.37. The zero-order valence-corrected chi connectivity index (χ0v) is 12.3. The Labute approximate surface area is 126 Å². The van der Waals surface area contributed by atoms with E-state index in [4.69, 9.17) is 17.3 Å². The molecule has 1 heterocycles. The largest absolute Gasteiger partial charge is 0.368 e. The number of nitrogens with one attached hydrogen (secondary N) is 1. The van der Waals surface area contributed by atoms with Crippen molar-refractivity contribution in [3.8, 4) is 0 Å². The van der Waals surface area contributed by atoms with Crippen LogP contribution in [0, 0.1) is 17.0 Å². The average Bonchev–Trinajstić information content (AvgIpc) is 2.37. The van der Waals surface area contributed by atoms with Gasteiger partial charge in [0, 0.05) is 5.02 Å². The molecule has 0 aliphatic carbocycles. The summed E-state index contributed by atoms with van der Waals surface area (Å²) in [6, 6.07) is 6.99. The Bertz CT molecular complexity index is 692. The van der Waals surface area contributed by atoms with E-state index in [-0.39, 0.29) is 29.2 Å². The van der Waals surface area contributed by atoms with Crippen LogP contribution in [0.15, 0.2) is 24.3 Å². The summed E-state index contributed by atoms with van der Waals surface area (Å²) in [5.74, 6) is 0.0800. The predicted molar refractivity (Wildman–Crippen MR) is 81.3 cm³/mol. The molecule has 1 aromatic carbocycles. The van der Waals surface area contributed by atoms with Crippen molar-refractivity contribution in [1.82, 2.24) is 9.97 Å². The molecule has 0 fully saturated rings. The van der Waals surface area contributed by atoms with Crippen molar-refractivity contribution in [1.29, 1.82) is 0 Å². The standard InChI is InChI=1S/C13H14ClN5O2/c1-7(9-4-3-5-10(14)6-9)16-12-11(19(20)21)8(2)17-13(15)18-12/h3-7H,1-2H3,(H3,15,16,17,18). The van der Waals surface area contributed by atoms with Crippen molar-refractivity contribution in [2.24, 2.45) is 0 Å². The Kier molecular flexibility index (Phi) is 4.23. The van der Waals surface area contributed by atoms with Gasteiger partial charge in [-0.05, 0) is 31.5 Å². The highest BCUT2D eigenvalue weighted by atomic mass is 35.5. The lowest BCUT2D eigenvalue weighted by molar-refractivity contribution is -0.385. The first-order valence-electron chi connectivity index (χ1n) is 6.19. The van der Waals surface area contributed by atoms with Crippen molar-refractivity contribution < 1.29 is 4.92 Å². The minimum absolute atomic E-state index is 0.0149. The monoisotopic (exact) mass is 307 g/mol. The molecule has 21 heavy (non-hydrogen) atoms. The summed E-state index contributed by atoms with van der Waals surface area (Å²) < 4.78 is 0. The van der Waals surface area contributed by atoms with Gasteiger partial charge in [-0.2, -0.15) is 4.98 Å². The molecule has 0 aliphatic heterocycles. The number of nitro groups is 1. The fraction of sp³-hybridized carbons (Fsp3) is 0.231. The Balaban J connectivity index is 2.37. The molecule has 8 heteroatoms. The number of rotatable bonds is 4. The Morgan fingerprint density at radius 2 is 2.14 bits per heavy atom. The van der Waals surface area contributed by atoms with E-state index in [0.29, 0.717) is 5.02 Å². The summed E-state index contributed by atoms with van der Waals surface area (Å²) in [6.07, 6.45) is 0. The lowest BCUT2D eigenvalue weighted by Gasteiger charge is -2.15. The Morgan fingerprint density at radius 3 is 2.76 bits per heavy atom. The molecule has 0 amide bonds. The van der Waals surface area contributed by atoms with Crippen LogP contribution in [0.25, 0.3) is 0 Å². The van der Waals surface area contributed by atoms with Crippen LogP contribution in [-0.2, 0) is 0 Å². The smallest absolute Gasteiger partial charge is 0.332 e. The van der Waals surface area contributed by atoms with E-state index in [1.54, 1.807) is 12.1 Å². The van der Waals surface area contributed by atoms with Gasteiger partial charge in [-0.25, -0.2) is 4.98 Å². The van der Waals surface area contributed by atoms with Crippen LogP contribution in [-0.4, -0.2) is 14.9 Å². The third-order valence-electron chi connectivity index (χ3n) is 2.96. The minimum atomic E-state index is -0.526. The molecule has 0 bridgehead atoms. The topological polar surface area (TPSA) is 107 Å². The third-order valence-corrected chi connectivity index (χ3v) is 3.20. The van der Waals surface area contributed by atoms with Gasteiger partial charge in [0.1, 0.15) is 5.69 Å². The second kappa shape index (κ2) is 5.92. The molecule has 3 N–H and O–H groups in total. The molecule has 1 atom stereocenters. The molecule has 0 spiro atoms. The van der Waals surface area contributed by atoms with Gasteiger partial charge >= 0.3 is 5.69 Å². The van der Waals surface area contributed by atoms with Crippen molar-refractivity contribution in [2.45, 2.75) is 19.9 Å². The number of nitrogens with two attached hydrogens (primary N) is 1. The third kappa shape index (κ3) is 3.38. The number of nitrogen functional groups attached to an aromatic ring is 1. The number of benzene rings is 1. The first-order valence-corrected chi connectivity index (χ1v) is 6.56. The van der Waals surface area contributed by atoms with Gasteiger partial charge in [0.15, 0.2) is 0 Å². The Morgan fingerprint density at radius 1 is 1.43 bits per heavy atom. The summed E-state index contributed by atoms with van der Waals surface area (Å²) >= 11 is 5.94. The van der Waals surface area contributed by atoms with E-state index in [2.05, 4.69) is 15.3 Å². The second-order valence-electron chi connectivity index (χ2n) is 4.54. The lowest BCUT2D eigenvalue weighted by atomic mass is 10.1. The van der Waals surface area contributed by atoms with Crippen LogP contribution in [0.3, 0.4) is 0 Å². The maximum Gasteiger partial charge on any atom is 0.332 e. The van der Waals surface area contributed by atoms with E-state index in [0.717, 1.165) is 5.56 Å². The zero-order valence-electron chi connectivity index (χ0n) is 11.5. The number of halogens is 1. The predicted octanol–water partition coefficient (Wildman–Crippen LogP) is 3.10. The van der Waals surface area contributed by atoms with Crippen LogP contribution in [0.4, 0.5) is 17.5 Å². The highest BCUT2D eigenvalue weighted by Gasteiger charge is 2.23. The quantitative estimate of drug-likeness (QED) is 0.664. The van der Waals surface area contributed by atoms with Crippen molar-refractivity contribution in [3.05, 3.63) is 50.7 Å². The van der Waals surface area contributed by atoms with Gasteiger partial charge in [0.2, 0.25) is 11.8 Å². The number of nitrogens with zero attached hydrogens (tertiary/aromatic N) is 3. The average molecular weight is 308 g/mol. The number of anilines is 2. The van der Waals surface area contributed by atoms with E-state index >= 15 is 0 Å². The summed E-state index contributed by atoms with van der Waals surface area (Å²) in [4.78, 5) is 18.4. The highest BCUT2D eigenvalue weighted by Crippen LogP contribution is 2.29. The molecule has 2 aromatic rings. The van der Waals surface area contributed by atoms with Crippen LogP contribution in [0.5, 0.6) is 0 Å². The Hall–Kier alpha value is -2.41. The number of aryl methyl sites for hydroxylation is 1. The first kappa shape index (κ1) is 15.0. The number of aromatic nitrogens is 2. The van der Waals surface area contributed by atoms with Gasteiger partial charge in [0.05, 0.1) is 11.0 Å². The van der Waals surface area contributed by atoms with Gasteiger partial charge in [-0.15, -0.1) is 0 Å². The number of hydrogen-bond donors (Lipinski definition) is 2. The van der Waals surface area contributed by atoms with Crippen LogP contribution in [0.1, 0.15) is 24.2 Å². The van der Waals surface area contributed by atoms with Gasteiger partial charge in [-0.1, -0.05) is 23.7 Å². The van der Waals surface area contributed by atoms with Gasteiger partial charge < -0.3 is 11.1 Å². The molecule has 1 aromatic heterocycles. The summed E-state index contributed by atoms with van der Waals surface area (Å²) in [5, 5.41) is 14.7. The van der Waals surface area contributed by atoms with Crippen LogP contribution < -0.4 is 11.1 Å². The molecule has 2 rings (SSSR count). The van der Waals surface area contributed by atoms with E-state index in [1.165, 1.54) is 6.92 Å². The fourth-order valence-corrected chi connectivity index (χ4v) is 2.17. The summed E-state index contributed by atoms with van der Waals surface area (Å²) in [5.41, 5.74) is 6.48. The van der Waals surface area contributed by atoms with Crippen molar-refractivity contribution >= 4 is 29.1 Å². The van der Waals surface area contributed by atoms with Crippen LogP contribution in [0.2, 0.25) is 5.02 Å². The molecular weight excluding hydrogens is 294 g/mol. The van der Waals surface area contributed by atoms with Gasteiger partial charge in [0.25, 0.3) is 0 Å². The maximum atomic E-state index is 11.1. The molecule has 110 valence electrons. The van der Waals surface area contributed by atoms with E-state index in [9.17, 15) is 10.1 Å². The van der Waals surface area contributed by atoms with Gasteiger partial charge in [-0.3, -0.25) is 10.1 Å².